The van der Waals surface area contributed by atoms with Gasteiger partial charge in [0.05, 0.1) is 11.6 Å². The molecule has 0 bridgehead atoms. The third-order valence-corrected chi connectivity index (χ3v) is 4.47. The Labute approximate surface area is 135 Å². The molecule has 4 heterocycles. The number of nitrogens with zero attached hydrogens (tertiary/aromatic N) is 6. The van der Waals surface area contributed by atoms with Crippen molar-refractivity contribution in [2.24, 2.45) is 0 Å². The lowest BCUT2D eigenvalue weighted by atomic mass is 10.1. The molecule has 9 heteroatoms. The van der Waals surface area contributed by atoms with Crippen LogP contribution in [0.15, 0.2) is 36.8 Å². The predicted octanol–water partition coefficient (Wildman–Crippen LogP) is 2.79. The van der Waals surface area contributed by atoms with Gasteiger partial charge in [-0.1, -0.05) is 0 Å². The molecule has 1 saturated heterocycles. The number of tetrazole rings is 1. The van der Waals surface area contributed by atoms with Gasteiger partial charge < -0.3 is 9.30 Å². The summed E-state index contributed by atoms with van der Waals surface area (Å²) in [6.07, 6.45) is 0.576. The number of piperidine rings is 1. The molecule has 0 unspecified atom stereocenters. The van der Waals surface area contributed by atoms with Crippen molar-refractivity contribution in [3.05, 3.63) is 42.4 Å². The van der Waals surface area contributed by atoms with Crippen LogP contribution in [-0.2, 0) is 6.18 Å². The molecule has 0 saturated carbocycles. The summed E-state index contributed by atoms with van der Waals surface area (Å²) in [6.45, 7) is 1.30. The molecule has 0 N–H and O–H groups in total. The second-order valence-corrected chi connectivity index (χ2v) is 5.91. The van der Waals surface area contributed by atoms with E-state index in [1.54, 1.807) is 33.7 Å². The van der Waals surface area contributed by atoms with E-state index in [0.29, 0.717) is 24.4 Å². The van der Waals surface area contributed by atoms with Crippen LogP contribution in [0.4, 0.5) is 19.0 Å². The molecule has 1 aliphatic rings. The SMILES string of the molecule is FC(F)(F)c1cc(N2CCC(n3cnnn3)CC2)n2cccc2c1. The van der Waals surface area contributed by atoms with Gasteiger partial charge in [-0.05, 0) is 47.5 Å². The van der Waals surface area contributed by atoms with E-state index < -0.39 is 11.7 Å². The Bertz CT molecular complexity index is 831. The van der Waals surface area contributed by atoms with E-state index in [0.717, 1.165) is 12.8 Å². The number of pyridine rings is 1. The lowest BCUT2D eigenvalue weighted by Gasteiger charge is -2.34. The van der Waals surface area contributed by atoms with Crippen LogP contribution < -0.4 is 4.90 Å². The summed E-state index contributed by atoms with van der Waals surface area (Å²) in [5, 5.41) is 11.2. The number of anilines is 1. The highest BCUT2D eigenvalue weighted by atomic mass is 19.4. The van der Waals surface area contributed by atoms with Crippen LogP contribution in [0.2, 0.25) is 0 Å². The van der Waals surface area contributed by atoms with Gasteiger partial charge in [0.15, 0.2) is 0 Å². The highest BCUT2D eigenvalue weighted by Gasteiger charge is 2.32. The van der Waals surface area contributed by atoms with Crippen LogP contribution >= 0.6 is 0 Å². The van der Waals surface area contributed by atoms with Crippen molar-refractivity contribution in [3.8, 4) is 0 Å². The summed E-state index contributed by atoms with van der Waals surface area (Å²) >= 11 is 0. The summed E-state index contributed by atoms with van der Waals surface area (Å²) in [5.74, 6) is 0.569. The van der Waals surface area contributed by atoms with E-state index in [1.807, 2.05) is 4.90 Å². The highest BCUT2D eigenvalue weighted by Crippen LogP contribution is 2.34. The number of halogens is 3. The zero-order valence-electron chi connectivity index (χ0n) is 12.7. The molecule has 0 atom stereocenters. The largest absolute Gasteiger partial charge is 0.416 e. The molecule has 1 fully saturated rings. The number of fused-ring (bicyclic) bond motifs is 1. The first-order valence-electron chi connectivity index (χ1n) is 7.68. The minimum absolute atomic E-state index is 0.183. The summed E-state index contributed by atoms with van der Waals surface area (Å²) < 4.78 is 43.0. The van der Waals surface area contributed by atoms with E-state index in [4.69, 9.17) is 0 Å². The molecule has 126 valence electrons. The fourth-order valence-electron chi connectivity index (χ4n) is 3.23. The maximum absolute atomic E-state index is 13.2. The number of hydrogen-bond donors (Lipinski definition) is 0. The fourth-order valence-corrected chi connectivity index (χ4v) is 3.23. The Hall–Kier alpha value is -2.58. The molecule has 1 aliphatic heterocycles. The Morgan fingerprint density at radius 1 is 1.12 bits per heavy atom. The van der Waals surface area contributed by atoms with Crippen molar-refractivity contribution < 1.29 is 13.2 Å². The molecule has 4 rings (SSSR count). The lowest BCUT2D eigenvalue weighted by Crippen LogP contribution is -2.36. The molecule has 0 amide bonds. The molecule has 0 radical (unpaired) electrons. The van der Waals surface area contributed by atoms with Gasteiger partial charge in [-0.2, -0.15) is 13.2 Å². The minimum Gasteiger partial charge on any atom is -0.358 e. The number of alkyl halides is 3. The normalized spacial score (nSPS) is 16.9. The van der Waals surface area contributed by atoms with Crippen molar-refractivity contribution in [2.75, 3.05) is 18.0 Å². The monoisotopic (exact) mass is 336 g/mol. The van der Waals surface area contributed by atoms with Gasteiger partial charge in [0.25, 0.3) is 0 Å². The Morgan fingerprint density at radius 2 is 1.92 bits per heavy atom. The zero-order chi connectivity index (χ0) is 16.7. The number of rotatable bonds is 2. The number of hydrogen-bond acceptors (Lipinski definition) is 4. The van der Waals surface area contributed by atoms with Crippen LogP contribution in [-0.4, -0.2) is 37.7 Å². The molecule has 0 aromatic carbocycles. The molecule has 6 nitrogen and oxygen atoms in total. The second kappa shape index (κ2) is 5.50. The third-order valence-electron chi connectivity index (χ3n) is 4.47. The molecule has 0 spiro atoms. The van der Waals surface area contributed by atoms with E-state index in [-0.39, 0.29) is 6.04 Å². The maximum atomic E-state index is 13.2. The van der Waals surface area contributed by atoms with Crippen molar-refractivity contribution in [2.45, 2.75) is 25.1 Å². The number of aromatic nitrogens is 5. The molecule has 3 aromatic rings. The Balaban J connectivity index is 1.63. The third kappa shape index (κ3) is 2.59. The Kier molecular flexibility index (Phi) is 3.43. The summed E-state index contributed by atoms with van der Waals surface area (Å²) in [6, 6.07) is 6.03. The van der Waals surface area contributed by atoms with Gasteiger partial charge in [0, 0.05) is 24.8 Å². The topological polar surface area (TPSA) is 51.2 Å². The lowest BCUT2D eigenvalue weighted by molar-refractivity contribution is -0.137. The standard InChI is InChI=1S/C15H15F3N6/c16-15(17,18)11-8-13-2-1-5-23(13)14(9-11)22-6-3-12(4-7-22)24-10-19-20-21-24/h1-2,5,8-10,12H,3-4,6-7H2. The maximum Gasteiger partial charge on any atom is 0.416 e. The van der Waals surface area contributed by atoms with E-state index in [9.17, 15) is 13.2 Å². The Morgan fingerprint density at radius 3 is 2.58 bits per heavy atom. The molecular formula is C15H15F3N6. The average Bonchev–Trinajstić information content (AvgIpc) is 3.24. The van der Waals surface area contributed by atoms with Crippen molar-refractivity contribution in [3.63, 3.8) is 0 Å². The zero-order valence-corrected chi connectivity index (χ0v) is 12.7. The predicted molar refractivity (Wildman–Crippen MR) is 80.7 cm³/mol. The van der Waals surface area contributed by atoms with E-state index in [1.165, 1.54) is 12.1 Å². The van der Waals surface area contributed by atoms with Gasteiger partial charge in [0.2, 0.25) is 0 Å². The van der Waals surface area contributed by atoms with Gasteiger partial charge in [-0.15, -0.1) is 5.10 Å². The van der Waals surface area contributed by atoms with Gasteiger partial charge in [0.1, 0.15) is 12.1 Å². The van der Waals surface area contributed by atoms with Crippen molar-refractivity contribution >= 4 is 11.3 Å². The molecule has 0 aliphatic carbocycles. The van der Waals surface area contributed by atoms with Crippen LogP contribution in [0.3, 0.4) is 0 Å². The summed E-state index contributed by atoms with van der Waals surface area (Å²) in [5.41, 5.74) is -0.0753. The molecular weight excluding hydrogens is 321 g/mol. The smallest absolute Gasteiger partial charge is 0.358 e. The summed E-state index contributed by atoms with van der Waals surface area (Å²) in [4.78, 5) is 1.99. The van der Waals surface area contributed by atoms with Gasteiger partial charge >= 0.3 is 6.18 Å². The van der Waals surface area contributed by atoms with Crippen molar-refractivity contribution in [1.29, 1.82) is 0 Å². The first-order chi connectivity index (χ1) is 11.5. The quantitative estimate of drug-likeness (QED) is 0.722. The van der Waals surface area contributed by atoms with Crippen LogP contribution in [0.25, 0.3) is 5.52 Å². The fraction of sp³-hybridized carbons (Fsp3) is 0.400. The molecule has 3 aromatic heterocycles. The summed E-state index contributed by atoms with van der Waals surface area (Å²) in [7, 11) is 0. The van der Waals surface area contributed by atoms with Crippen LogP contribution in [0, 0.1) is 0 Å². The second-order valence-electron chi connectivity index (χ2n) is 5.91. The highest BCUT2D eigenvalue weighted by molar-refractivity contribution is 5.59. The van der Waals surface area contributed by atoms with Crippen molar-refractivity contribution in [1.82, 2.24) is 24.6 Å². The van der Waals surface area contributed by atoms with E-state index >= 15 is 0 Å². The van der Waals surface area contributed by atoms with Crippen LogP contribution in [0.5, 0.6) is 0 Å². The minimum atomic E-state index is -4.36. The first kappa shape index (κ1) is 15.0. The average molecular weight is 336 g/mol. The van der Waals surface area contributed by atoms with Crippen LogP contribution in [0.1, 0.15) is 24.4 Å². The first-order valence-corrected chi connectivity index (χ1v) is 7.68. The molecule has 24 heavy (non-hydrogen) atoms. The van der Waals surface area contributed by atoms with Gasteiger partial charge in [-0.25, -0.2) is 4.68 Å². The van der Waals surface area contributed by atoms with Gasteiger partial charge in [-0.3, -0.25) is 0 Å². The van der Waals surface area contributed by atoms with E-state index in [2.05, 4.69) is 15.5 Å².